The molecule has 0 radical (unpaired) electrons. The fourth-order valence-electron chi connectivity index (χ4n) is 4.73. The first-order valence-corrected chi connectivity index (χ1v) is 14.3. The van der Waals surface area contributed by atoms with Crippen LogP contribution < -0.4 is 15.7 Å². The highest BCUT2D eigenvalue weighted by atomic mass is 79.9. The van der Waals surface area contributed by atoms with Crippen molar-refractivity contribution in [2.75, 3.05) is 13.2 Å². The standard InChI is InChI=1S/C28H31BrN2O2Si/c1-28(2,3)34(22-11-6-4-7-12-22,23-13-8-5-9-14-23)33-20-26(32)30-18-17-21-19-31-25-16-10-15-24(29)27(21)25/h4-16,19,31H,17-18,20H2,1-3H3,(H,30,32). The Morgan fingerprint density at radius 3 is 2.15 bits per heavy atom. The summed E-state index contributed by atoms with van der Waals surface area (Å²) in [6, 6.07) is 26.9. The molecule has 1 amide bonds. The van der Waals surface area contributed by atoms with Crippen molar-refractivity contribution in [2.24, 2.45) is 0 Å². The summed E-state index contributed by atoms with van der Waals surface area (Å²) in [5.41, 5.74) is 2.27. The van der Waals surface area contributed by atoms with Crippen molar-refractivity contribution in [1.29, 1.82) is 0 Å². The zero-order chi connectivity index (χ0) is 24.2. The number of carbonyl (C=O) groups excluding carboxylic acids is 1. The Morgan fingerprint density at radius 2 is 1.56 bits per heavy atom. The summed E-state index contributed by atoms with van der Waals surface area (Å²) in [6.07, 6.45) is 2.76. The Balaban J connectivity index is 1.50. The van der Waals surface area contributed by atoms with Gasteiger partial charge >= 0.3 is 0 Å². The highest BCUT2D eigenvalue weighted by molar-refractivity contribution is 9.10. The molecule has 176 valence electrons. The molecule has 0 aliphatic rings. The molecule has 0 bridgehead atoms. The van der Waals surface area contributed by atoms with Crippen molar-refractivity contribution < 1.29 is 9.22 Å². The summed E-state index contributed by atoms with van der Waals surface area (Å²) in [5.74, 6) is -0.0908. The second kappa shape index (κ2) is 10.3. The lowest BCUT2D eigenvalue weighted by Gasteiger charge is -2.42. The molecule has 0 saturated carbocycles. The molecule has 0 unspecified atom stereocenters. The van der Waals surface area contributed by atoms with Gasteiger partial charge in [0.25, 0.3) is 8.32 Å². The molecule has 0 aliphatic carbocycles. The Bertz CT molecular complexity index is 1210. The van der Waals surface area contributed by atoms with E-state index in [1.54, 1.807) is 0 Å². The third-order valence-corrected chi connectivity index (χ3v) is 11.9. The molecule has 3 aromatic carbocycles. The van der Waals surface area contributed by atoms with Crippen LogP contribution in [0.3, 0.4) is 0 Å². The van der Waals surface area contributed by atoms with Crippen LogP contribution in [0.4, 0.5) is 0 Å². The summed E-state index contributed by atoms with van der Waals surface area (Å²) in [4.78, 5) is 16.2. The van der Waals surface area contributed by atoms with Crippen LogP contribution in [0.1, 0.15) is 26.3 Å². The number of rotatable bonds is 8. The van der Waals surface area contributed by atoms with Gasteiger partial charge in [-0.3, -0.25) is 4.79 Å². The molecule has 1 aromatic heterocycles. The van der Waals surface area contributed by atoms with E-state index in [4.69, 9.17) is 4.43 Å². The van der Waals surface area contributed by atoms with Gasteiger partial charge < -0.3 is 14.7 Å². The third-order valence-electron chi connectivity index (χ3n) is 6.29. The van der Waals surface area contributed by atoms with E-state index in [9.17, 15) is 4.79 Å². The van der Waals surface area contributed by atoms with Crippen molar-refractivity contribution in [1.82, 2.24) is 10.3 Å². The van der Waals surface area contributed by atoms with E-state index in [1.165, 1.54) is 21.3 Å². The fourth-order valence-corrected chi connectivity index (χ4v) is 9.85. The van der Waals surface area contributed by atoms with E-state index < -0.39 is 8.32 Å². The Labute approximate surface area is 211 Å². The average Bonchev–Trinajstić information content (AvgIpc) is 3.24. The Morgan fingerprint density at radius 1 is 0.941 bits per heavy atom. The third kappa shape index (κ3) is 4.90. The normalized spacial score (nSPS) is 12.1. The molecular formula is C28H31BrN2O2Si. The predicted molar refractivity (Wildman–Crippen MR) is 146 cm³/mol. The van der Waals surface area contributed by atoms with Crippen molar-refractivity contribution in [3.63, 3.8) is 0 Å². The van der Waals surface area contributed by atoms with Gasteiger partial charge in [0.05, 0.1) is 0 Å². The van der Waals surface area contributed by atoms with Crippen LogP contribution in [0.15, 0.2) is 89.5 Å². The predicted octanol–water partition coefficient (Wildman–Crippen LogP) is 5.17. The number of aromatic nitrogens is 1. The summed E-state index contributed by atoms with van der Waals surface area (Å²) in [7, 11) is -2.72. The molecule has 4 nitrogen and oxygen atoms in total. The fraction of sp³-hybridized carbons (Fsp3) is 0.250. The highest BCUT2D eigenvalue weighted by Crippen LogP contribution is 2.36. The van der Waals surface area contributed by atoms with E-state index in [0.717, 1.165) is 16.4 Å². The number of halogens is 1. The van der Waals surface area contributed by atoms with Gasteiger partial charge in [0.15, 0.2) is 0 Å². The zero-order valence-electron chi connectivity index (χ0n) is 19.9. The second-order valence-electron chi connectivity index (χ2n) is 9.53. The van der Waals surface area contributed by atoms with Gasteiger partial charge in [-0.25, -0.2) is 0 Å². The first-order chi connectivity index (χ1) is 16.3. The van der Waals surface area contributed by atoms with Gasteiger partial charge in [0.1, 0.15) is 6.61 Å². The van der Waals surface area contributed by atoms with Crippen molar-refractivity contribution >= 4 is 51.4 Å². The number of fused-ring (bicyclic) bond motifs is 1. The molecule has 0 fully saturated rings. The molecule has 4 aromatic rings. The molecule has 0 saturated heterocycles. The number of nitrogens with one attached hydrogen (secondary N) is 2. The minimum absolute atomic E-state index is 0.0326. The number of hydrogen-bond donors (Lipinski definition) is 2. The molecule has 4 rings (SSSR count). The number of hydrogen-bond acceptors (Lipinski definition) is 2. The van der Waals surface area contributed by atoms with E-state index in [1.807, 2.05) is 30.5 Å². The molecule has 0 spiro atoms. The van der Waals surface area contributed by atoms with Crippen molar-refractivity contribution in [3.05, 3.63) is 95.1 Å². The average molecular weight is 536 g/mol. The SMILES string of the molecule is CC(C)(C)[Si](OCC(=O)NCCc1c[nH]c2cccc(Br)c12)(c1ccccc1)c1ccccc1. The van der Waals surface area contributed by atoms with E-state index in [-0.39, 0.29) is 17.6 Å². The maximum Gasteiger partial charge on any atom is 0.261 e. The molecule has 34 heavy (non-hydrogen) atoms. The van der Waals surface area contributed by atoms with Crippen LogP contribution in [-0.2, 0) is 15.6 Å². The van der Waals surface area contributed by atoms with Crippen molar-refractivity contribution in [2.45, 2.75) is 32.2 Å². The highest BCUT2D eigenvalue weighted by Gasteiger charge is 2.50. The minimum atomic E-state index is -2.72. The van der Waals surface area contributed by atoms with Gasteiger partial charge in [-0.1, -0.05) is 103 Å². The van der Waals surface area contributed by atoms with Crippen LogP contribution >= 0.6 is 15.9 Å². The van der Waals surface area contributed by atoms with Gasteiger partial charge in [-0.15, -0.1) is 0 Å². The van der Waals surface area contributed by atoms with Gasteiger partial charge in [0.2, 0.25) is 5.91 Å². The Kier molecular flexibility index (Phi) is 7.41. The first-order valence-electron chi connectivity index (χ1n) is 11.6. The monoisotopic (exact) mass is 534 g/mol. The number of benzene rings is 3. The quantitative estimate of drug-likeness (QED) is 0.306. The zero-order valence-corrected chi connectivity index (χ0v) is 22.5. The number of H-pyrrole nitrogens is 1. The summed E-state index contributed by atoms with van der Waals surface area (Å²) in [5, 5.41) is 6.41. The van der Waals surface area contributed by atoms with Crippen LogP contribution in [-0.4, -0.2) is 32.4 Å². The largest absolute Gasteiger partial charge is 0.398 e. The minimum Gasteiger partial charge on any atom is -0.398 e. The van der Waals surface area contributed by atoms with Crippen LogP contribution in [0, 0.1) is 0 Å². The summed E-state index contributed by atoms with van der Waals surface area (Å²) >= 11 is 3.63. The van der Waals surface area contributed by atoms with Gasteiger partial charge in [0, 0.05) is 28.1 Å². The van der Waals surface area contributed by atoms with Crippen LogP contribution in [0.5, 0.6) is 0 Å². The number of carbonyl (C=O) groups is 1. The van der Waals surface area contributed by atoms with Gasteiger partial charge in [-0.05, 0) is 39.5 Å². The van der Waals surface area contributed by atoms with Gasteiger partial charge in [-0.2, -0.15) is 0 Å². The lowest BCUT2D eigenvalue weighted by atomic mass is 10.1. The van der Waals surface area contributed by atoms with E-state index >= 15 is 0 Å². The number of amides is 1. The Hall–Kier alpha value is -2.67. The van der Waals surface area contributed by atoms with E-state index in [2.05, 4.69) is 102 Å². The molecule has 0 atom stereocenters. The lowest BCUT2D eigenvalue weighted by molar-refractivity contribution is -0.123. The number of aromatic amines is 1. The van der Waals surface area contributed by atoms with Crippen LogP contribution in [0.25, 0.3) is 10.9 Å². The summed E-state index contributed by atoms with van der Waals surface area (Å²) in [6.45, 7) is 7.23. The molecule has 2 N–H and O–H groups in total. The maximum absolute atomic E-state index is 12.9. The molecule has 1 heterocycles. The first kappa shape index (κ1) is 24.5. The topological polar surface area (TPSA) is 54.1 Å². The molecular weight excluding hydrogens is 504 g/mol. The van der Waals surface area contributed by atoms with Crippen LogP contribution in [0.2, 0.25) is 5.04 Å². The molecule has 6 heteroatoms. The second-order valence-corrected chi connectivity index (χ2v) is 14.7. The smallest absolute Gasteiger partial charge is 0.261 e. The van der Waals surface area contributed by atoms with E-state index in [0.29, 0.717) is 6.54 Å². The molecule has 0 aliphatic heterocycles. The summed E-state index contributed by atoms with van der Waals surface area (Å²) < 4.78 is 7.78. The maximum atomic E-state index is 12.9. The lowest BCUT2D eigenvalue weighted by Crippen LogP contribution is -2.67. The van der Waals surface area contributed by atoms with Crippen molar-refractivity contribution in [3.8, 4) is 0 Å².